The SMILES string of the molecule is CCc1ccc(N2C[C@H](C(=O)Oc3cccc(N4C(=O)c5c(Cl)c(Cl)c(Cl)c(Cl)c5C4=O)c3)CC2=O)cc1. The lowest BCUT2D eigenvalue weighted by molar-refractivity contribution is -0.139. The molecular formula is C27H18Cl4N2O5. The first-order valence-electron chi connectivity index (χ1n) is 11.6. The van der Waals surface area contributed by atoms with E-state index in [4.69, 9.17) is 51.1 Å². The average molecular weight is 592 g/mol. The van der Waals surface area contributed by atoms with Crippen LogP contribution in [0.3, 0.4) is 0 Å². The molecule has 0 spiro atoms. The number of rotatable bonds is 5. The van der Waals surface area contributed by atoms with Gasteiger partial charge >= 0.3 is 5.97 Å². The third-order valence-electron chi connectivity index (χ3n) is 6.51. The van der Waals surface area contributed by atoms with E-state index in [0.717, 1.165) is 16.9 Å². The third kappa shape index (κ3) is 4.43. The van der Waals surface area contributed by atoms with Gasteiger partial charge in [-0.15, -0.1) is 0 Å². The number of aryl methyl sites for hydroxylation is 1. The number of imide groups is 1. The molecule has 11 heteroatoms. The van der Waals surface area contributed by atoms with Crippen LogP contribution in [0.1, 0.15) is 39.6 Å². The molecule has 0 N–H and O–H groups in total. The fourth-order valence-electron chi connectivity index (χ4n) is 4.50. The van der Waals surface area contributed by atoms with Gasteiger partial charge in [0.15, 0.2) is 0 Å². The summed E-state index contributed by atoms with van der Waals surface area (Å²) < 4.78 is 5.54. The molecule has 0 aromatic heterocycles. The Labute approximate surface area is 237 Å². The number of anilines is 2. The second-order valence-corrected chi connectivity index (χ2v) is 10.3. The Morgan fingerprint density at radius 3 is 2.05 bits per heavy atom. The van der Waals surface area contributed by atoms with Crippen molar-refractivity contribution in [3.8, 4) is 5.75 Å². The Morgan fingerprint density at radius 2 is 1.47 bits per heavy atom. The quantitative estimate of drug-likeness (QED) is 0.109. The van der Waals surface area contributed by atoms with E-state index in [1.54, 1.807) is 4.90 Å². The summed E-state index contributed by atoms with van der Waals surface area (Å²) in [7, 11) is 0. The number of hydrogen-bond donors (Lipinski definition) is 0. The van der Waals surface area contributed by atoms with Crippen molar-refractivity contribution in [3.63, 3.8) is 0 Å². The van der Waals surface area contributed by atoms with Crippen molar-refractivity contribution in [2.75, 3.05) is 16.3 Å². The smallest absolute Gasteiger partial charge is 0.316 e. The van der Waals surface area contributed by atoms with E-state index in [2.05, 4.69) is 0 Å². The Bertz CT molecular complexity index is 1480. The topological polar surface area (TPSA) is 84.0 Å². The molecule has 2 heterocycles. The van der Waals surface area contributed by atoms with Crippen LogP contribution in [0.4, 0.5) is 11.4 Å². The molecule has 3 aromatic rings. The number of ether oxygens (including phenoxy) is 1. The summed E-state index contributed by atoms with van der Waals surface area (Å²) in [6.45, 7) is 2.22. The van der Waals surface area contributed by atoms with Gasteiger partial charge < -0.3 is 9.64 Å². The molecular weight excluding hydrogens is 574 g/mol. The van der Waals surface area contributed by atoms with Crippen molar-refractivity contribution >= 4 is 81.5 Å². The Balaban J connectivity index is 1.35. The van der Waals surface area contributed by atoms with Crippen molar-refractivity contribution in [2.45, 2.75) is 19.8 Å². The van der Waals surface area contributed by atoms with E-state index in [1.165, 1.54) is 24.3 Å². The molecule has 2 aliphatic heterocycles. The molecule has 5 rings (SSSR count). The van der Waals surface area contributed by atoms with E-state index >= 15 is 0 Å². The van der Waals surface area contributed by atoms with Crippen LogP contribution < -0.4 is 14.5 Å². The summed E-state index contributed by atoms with van der Waals surface area (Å²) in [5.74, 6) is -2.86. The Kier molecular flexibility index (Phi) is 7.13. The molecule has 0 bridgehead atoms. The number of hydrogen-bond acceptors (Lipinski definition) is 5. The highest BCUT2D eigenvalue weighted by molar-refractivity contribution is 6.56. The van der Waals surface area contributed by atoms with Crippen LogP contribution in [0.15, 0.2) is 48.5 Å². The maximum Gasteiger partial charge on any atom is 0.316 e. The number of nitrogens with zero attached hydrogens (tertiary/aromatic N) is 2. The fraction of sp³-hybridized carbons (Fsp3) is 0.185. The van der Waals surface area contributed by atoms with E-state index < -0.39 is 23.7 Å². The van der Waals surface area contributed by atoms with Crippen LogP contribution in [-0.4, -0.2) is 30.2 Å². The van der Waals surface area contributed by atoms with Crippen LogP contribution in [0.5, 0.6) is 5.75 Å². The first kappa shape index (κ1) is 26.5. The lowest BCUT2D eigenvalue weighted by Crippen LogP contribution is -2.29. The van der Waals surface area contributed by atoms with Crippen LogP contribution in [0.25, 0.3) is 0 Å². The highest BCUT2D eigenvalue weighted by Gasteiger charge is 2.43. The lowest BCUT2D eigenvalue weighted by Gasteiger charge is -2.17. The first-order chi connectivity index (χ1) is 18.1. The normalized spacial score (nSPS) is 16.9. The molecule has 0 aliphatic carbocycles. The number of benzene rings is 3. The minimum atomic E-state index is -0.745. The molecule has 7 nitrogen and oxygen atoms in total. The number of halogens is 4. The van der Waals surface area contributed by atoms with Crippen molar-refractivity contribution < 1.29 is 23.9 Å². The van der Waals surface area contributed by atoms with Crippen LogP contribution in [-0.2, 0) is 16.0 Å². The number of amides is 3. The van der Waals surface area contributed by atoms with E-state index in [9.17, 15) is 19.2 Å². The highest BCUT2D eigenvalue weighted by Crippen LogP contribution is 2.46. The summed E-state index contributed by atoms with van der Waals surface area (Å²) >= 11 is 24.6. The van der Waals surface area contributed by atoms with Crippen LogP contribution >= 0.6 is 46.4 Å². The largest absolute Gasteiger partial charge is 0.426 e. The van der Waals surface area contributed by atoms with Gasteiger partial charge in [-0.25, -0.2) is 4.90 Å². The molecule has 38 heavy (non-hydrogen) atoms. The second-order valence-electron chi connectivity index (χ2n) is 8.80. The van der Waals surface area contributed by atoms with Gasteiger partial charge in [0.25, 0.3) is 11.8 Å². The van der Waals surface area contributed by atoms with Gasteiger partial charge in [0.1, 0.15) is 5.75 Å². The summed E-state index contributed by atoms with van der Waals surface area (Å²) in [4.78, 5) is 54.2. The second kappa shape index (κ2) is 10.2. The minimum absolute atomic E-state index is 0.00494. The van der Waals surface area contributed by atoms with E-state index in [1.807, 2.05) is 31.2 Å². The predicted molar refractivity (Wildman–Crippen MR) is 146 cm³/mol. The van der Waals surface area contributed by atoms with Crippen LogP contribution in [0, 0.1) is 5.92 Å². The monoisotopic (exact) mass is 590 g/mol. The molecule has 194 valence electrons. The molecule has 0 unspecified atom stereocenters. The summed E-state index contributed by atoms with van der Waals surface area (Å²) in [5.41, 5.74) is 1.67. The standard InChI is InChI=1S/C27H18Cl4N2O5/c1-2-13-6-8-15(9-7-13)32-12-14(10-18(32)34)27(37)38-17-5-3-4-16(11-17)33-25(35)19-20(26(33)36)22(29)24(31)23(30)21(19)28/h3-9,11,14H,2,10,12H2,1H3/t14-/m1/s1. The molecule has 0 radical (unpaired) electrons. The van der Waals surface area contributed by atoms with E-state index in [-0.39, 0.29) is 61.5 Å². The van der Waals surface area contributed by atoms with Gasteiger partial charge in [-0.2, -0.15) is 0 Å². The van der Waals surface area contributed by atoms with Gasteiger partial charge in [0.05, 0.1) is 42.8 Å². The molecule has 1 saturated heterocycles. The third-order valence-corrected chi connectivity index (χ3v) is 8.31. The molecule has 2 aliphatic rings. The number of esters is 1. The van der Waals surface area contributed by atoms with Gasteiger partial charge in [-0.3, -0.25) is 19.2 Å². The molecule has 3 amide bonds. The maximum atomic E-state index is 13.1. The lowest BCUT2D eigenvalue weighted by atomic mass is 10.1. The van der Waals surface area contributed by atoms with Gasteiger partial charge in [0, 0.05) is 24.7 Å². The predicted octanol–water partition coefficient (Wildman–Crippen LogP) is 6.62. The zero-order valence-corrected chi connectivity index (χ0v) is 22.8. The molecule has 1 fully saturated rings. The number of carbonyl (C=O) groups excluding carboxylic acids is 4. The van der Waals surface area contributed by atoms with Gasteiger partial charge in [-0.05, 0) is 36.2 Å². The summed E-state index contributed by atoms with van der Waals surface area (Å²) in [6, 6.07) is 13.5. The molecule has 0 saturated carbocycles. The van der Waals surface area contributed by atoms with Crippen molar-refractivity contribution in [1.82, 2.24) is 0 Å². The fourth-order valence-corrected chi connectivity index (χ4v) is 5.51. The Morgan fingerprint density at radius 1 is 0.868 bits per heavy atom. The highest BCUT2D eigenvalue weighted by atomic mass is 35.5. The minimum Gasteiger partial charge on any atom is -0.426 e. The van der Waals surface area contributed by atoms with E-state index in [0.29, 0.717) is 5.69 Å². The van der Waals surface area contributed by atoms with Crippen molar-refractivity contribution in [1.29, 1.82) is 0 Å². The molecule has 3 aromatic carbocycles. The maximum absolute atomic E-state index is 13.1. The van der Waals surface area contributed by atoms with Crippen LogP contribution in [0.2, 0.25) is 20.1 Å². The van der Waals surface area contributed by atoms with Crippen molar-refractivity contribution in [3.05, 3.63) is 85.3 Å². The zero-order chi connectivity index (χ0) is 27.3. The molecule has 1 atom stereocenters. The van der Waals surface area contributed by atoms with Gasteiger partial charge in [0.2, 0.25) is 5.91 Å². The Hall–Kier alpha value is -3.10. The zero-order valence-electron chi connectivity index (χ0n) is 19.8. The summed E-state index contributed by atoms with van der Waals surface area (Å²) in [6.07, 6.45) is 0.884. The number of fused-ring (bicyclic) bond motifs is 1. The average Bonchev–Trinajstić information content (AvgIpc) is 3.43. The van der Waals surface area contributed by atoms with Crippen molar-refractivity contribution in [2.24, 2.45) is 5.92 Å². The summed E-state index contributed by atoms with van der Waals surface area (Å²) in [5, 5.41) is -0.632. The first-order valence-corrected chi connectivity index (χ1v) is 13.1. The number of carbonyl (C=O) groups is 4. The van der Waals surface area contributed by atoms with Gasteiger partial charge in [-0.1, -0.05) is 71.5 Å².